The zero-order chi connectivity index (χ0) is 21.8. The molecule has 2 aliphatic heterocycles. The summed E-state index contributed by atoms with van der Waals surface area (Å²) in [5, 5.41) is 9.19. The Kier molecular flexibility index (Phi) is 7.46. The van der Waals surface area contributed by atoms with Crippen LogP contribution in [0.25, 0.3) is 0 Å². The molecule has 0 aliphatic carbocycles. The molecule has 3 amide bonds. The molecule has 2 heterocycles. The number of thioether (sulfide) groups is 2. The van der Waals surface area contributed by atoms with Crippen molar-refractivity contribution >= 4 is 47.2 Å². The number of amides is 3. The van der Waals surface area contributed by atoms with E-state index in [1.54, 1.807) is 25.6 Å². The average molecular weight is 451 g/mol. The van der Waals surface area contributed by atoms with Gasteiger partial charge in [-0.05, 0) is 25.5 Å². The van der Waals surface area contributed by atoms with Crippen molar-refractivity contribution in [2.45, 2.75) is 48.1 Å². The van der Waals surface area contributed by atoms with Gasteiger partial charge in [-0.1, -0.05) is 25.1 Å². The second kappa shape index (κ2) is 9.87. The van der Waals surface area contributed by atoms with Gasteiger partial charge < -0.3 is 10.0 Å². The van der Waals surface area contributed by atoms with Crippen molar-refractivity contribution in [2.24, 2.45) is 5.92 Å². The zero-order valence-electron chi connectivity index (χ0n) is 17.0. The highest BCUT2D eigenvalue weighted by Crippen LogP contribution is 2.34. The molecule has 1 N–H and O–H groups in total. The first kappa shape index (κ1) is 22.7. The number of hydrogen-bond acceptors (Lipinski definition) is 6. The van der Waals surface area contributed by atoms with Gasteiger partial charge >= 0.3 is 5.97 Å². The Labute approximate surface area is 184 Å². The maximum absolute atomic E-state index is 13.0. The fraction of sp³-hybridized carbons (Fsp3) is 0.524. The molecule has 3 rings (SSSR count). The summed E-state index contributed by atoms with van der Waals surface area (Å²) in [5.41, 5.74) is 0. The fourth-order valence-corrected chi connectivity index (χ4v) is 6.19. The van der Waals surface area contributed by atoms with E-state index in [0.717, 1.165) is 4.90 Å². The Bertz CT molecular complexity index is 819. The van der Waals surface area contributed by atoms with Crippen LogP contribution in [0.4, 0.5) is 0 Å². The van der Waals surface area contributed by atoms with Crippen molar-refractivity contribution < 1.29 is 24.3 Å². The molecule has 1 aromatic rings. The summed E-state index contributed by atoms with van der Waals surface area (Å²) >= 11 is 2.90. The summed E-state index contributed by atoms with van der Waals surface area (Å²) in [6.45, 7) is 4.26. The third-order valence-electron chi connectivity index (χ3n) is 5.36. The van der Waals surface area contributed by atoms with Crippen molar-refractivity contribution in [3.63, 3.8) is 0 Å². The Morgan fingerprint density at radius 1 is 1.23 bits per heavy atom. The van der Waals surface area contributed by atoms with E-state index in [2.05, 4.69) is 0 Å². The van der Waals surface area contributed by atoms with Crippen molar-refractivity contribution in [1.29, 1.82) is 0 Å². The van der Waals surface area contributed by atoms with E-state index < -0.39 is 23.2 Å². The molecule has 0 aromatic heterocycles. The van der Waals surface area contributed by atoms with Gasteiger partial charge in [-0.25, -0.2) is 4.79 Å². The van der Waals surface area contributed by atoms with Crippen LogP contribution in [0.3, 0.4) is 0 Å². The predicted octanol–water partition coefficient (Wildman–Crippen LogP) is 2.35. The number of carbonyl (C=O) groups is 4. The van der Waals surface area contributed by atoms with Crippen molar-refractivity contribution in [2.75, 3.05) is 18.8 Å². The van der Waals surface area contributed by atoms with E-state index in [-0.39, 0.29) is 29.4 Å². The van der Waals surface area contributed by atoms with Gasteiger partial charge in [0.2, 0.25) is 17.7 Å². The zero-order valence-corrected chi connectivity index (χ0v) is 18.7. The molecule has 0 bridgehead atoms. The molecule has 7 nitrogen and oxygen atoms in total. The highest BCUT2D eigenvalue weighted by atomic mass is 32.2. The molecule has 30 heavy (non-hydrogen) atoms. The SMILES string of the molecule is CCN1C(=O)CC(SC[C@@H](C)C(=O)N2C[C@@H](Sc3ccccc3)C[C@@H]2C(=O)O)C1=O. The van der Waals surface area contributed by atoms with E-state index in [1.807, 2.05) is 30.3 Å². The van der Waals surface area contributed by atoms with E-state index in [1.165, 1.54) is 21.6 Å². The monoisotopic (exact) mass is 450 g/mol. The number of benzene rings is 1. The van der Waals surface area contributed by atoms with Gasteiger partial charge in [-0.2, -0.15) is 0 Å². The summed E-state index contributed by atoms with van der Waals surface area (Å²) in [6, 6.07) is 8.91. The molecule has 1 aromatic carbocycles. The summed E-state index contributed by atoms with van der Waals surface area (Å²) in [5.74, 6) is -1.64. The number of carboxylic acid groups (broad SMARTS) is 1. The van der Waals surface area contributed by atoms with E-state index in [0.29, 0.717) is 25.3 Å². The molecule has 162 valence electrons. The van der Waals surface area contributed by atoms with Crippen LogP contribution < -0.4 is 0 Å². The van der Waals surface area contributed by atoms with E-state index in [9.17, 15) is 24.3 Å². The number of hydrogen-bond donors (Lipinski definition) is 1. The molecule has 2 saturated heterocycles. The Balaban J connectivity index is 1.59. The topological polar surface area (TPSA) is 95.0 Å². The van der Waals surface area contributed by atoms with Crippen molar-refractivity contribution in [1.82, 2.24) is 9.80 Å². The summed E-state index contributed by atoms with van der Waals surface area (Å²) < 4.78 is 0. The fourth-order valence-electron chi connectivity index (χ4n) is 3.78. The smallest absolute Gasteiger partial charge is 0.326 e. The lowest BCUT2D eigenvalue weighted by Gasteiger charge is -2.25. The van der Waals surface area contributed by atoms with Crippen LogP contribution >= 0.6 is 23.5 Å². The summed E-state index contributed by atoms with van der Waals surface area (Å²) in [6.07, 6.45) is 0.567. The minimum atomic E-state index is -0.991. The van der Waals surface area contributed by atoms with Crippen molar-refractivity contribution in [3.05, 3.63) is 30.3 Å². The quantitative estimate of drug-likeness (QED) is 0.608. The van der Waals surface area contributed by atoms with Gasteiger partial charge in [0.25, 0.3) is 0 Å². The lowest BCUT2D eigenvalue weighted by Crippen LogP contribution is -2.43. The van der Waals surface area contributed by atoms with Gasteiger partial charge in [-0.15, -0.1) is 23.5 Å². The number of nitrogens with zero attached hydrogens (tertiary/aromatic N) is 2. The van der Waals surface area contributed by atoms with Gasteiger partial charge in [0.05, 0.1) is 5.25 Å². The van der Waals surface area contributed by atoms with Crippen LogP contribution in [0.2, 0.25) is 0 Å². The van der Waals surface area contributed by atoms with Crippen LogP contribution in [0.15, 0.2) is 35.2 Å². The number of likely N-dealkylation sites (tertiary alicyclic amines) is 2. The Hall–Kier alpha value is -2.00. The first-order chi connectivity index (χ1) is 14.3. The first-order valence-corrected chi connectivity index (χ1v) is 12.0. The largest absolute Gasteiger partial charge is 0.480 e. The molecule has 2 fully saturated rings. The predicted molar refractivity (Wildman–Crippen MR) is 116 cm³/mol. The average Bonchev–Trinajstić information content (AvgIpc) is 3.26. The molecule has 0 spiro atoms. The molecule has 9 heteroatoms. The molecular weight excluding hydrogens is 424 g/mol. The summed E-state index contributed by atoms with van der Waals surface area (Å²) in [7, 11) is 0. The van der Waals surface area contributed by atoms with Gasteiger partial charge in [0.1, 0.15) is 6.04 Å². The van der Waals surface area contributed by atoms with Crippen LogP contribution in [0.5, 0.6) is 0 Å². The Morgan fingerprint density at radius 3 is 2.53 bits per heavy atom. The van der Waals surface area contributed by atoms with Crippen LogP contribution in [-0.2, 0) is 19.2 Å². The number of rotatable bonds is 8. The minimum Gasteiger partial charge on any atom is -0.480 e. The van der Waals surface area contributed by atoms with Crippen LogP contribution in [-0.4, -0.2) is 74.0 Å². The van der Waals surface area contributed by atoms with Gasteiger partial charge in [0, 0.05) is 41.3 Å². The van der Waals surface area contributed by atoms with Gasteiger partial charge in [-0.3, -0.25) is 19.3 Å². The normalized spacial score (nSPS) is 25.1. The lowest BCUT2D eigenvalue weighted by molar-refractivity contribution is -0.149. The number of aliphatic carboxylic acids is 1. The molecular formula is C21H26N2O5S2. The minimum absolute atomic E-state index is 0.0180. The van der Waals surface area contributed by atoms with Crippen molar-refractivity contribution in [3.8, 4) is 0 Å². The molecule has 0 radical (unpaired) electrons. The van der Waals surface area contributed by atoms with Crippen LogP contribution in [0.1, 0.15) is 26.7 Å². The lowest BCUT2D eigenvalue weighted by atomic mass is 10.1. The maximum Gasteiger partial charge on any atom is 0.326 e. The third kappa shape index (κ3) is 5.00. The second-order valence-electron chi connectivity index (χ2n) is 7.54. The highest BCUT2D eigenvalue weighted by Gasteiger charge is 2.42. The molecule has 2 aliphatic rings. The number of carboxylic acids is 1. The second-order valence-corrected chi connectivity index (χ2v) is 10.1. The maximum atomic E-state index is 13.0. The van der Waals surface area contributed by atoms with Crippen LogP contribution in [0, 0.1) is 5.92 Å². The third-order valence-corrected chi connectivity index (χ3v) is 8.05. The number of carbonyl (C=O) groups excluding carboxylic acids is 3. The summed E-state index contributed by atoms with van der Waals surface area (Å²) in [4.78, 5) is 52.6. The standard InChI is InChI=1S/C21H26N2O5S2/c1-3-22-18(24)10-17(20(22)26)29-12-13(2)19(25)23-11-15(9-16(23)21(27)28)30-14-7-5-4-6-8-14/h4-8,13,15-17H,3,9-12H2,1-2H3,(H,27,28)/t13-,15+,16-,17?/m1/s1. The van der Waals surface area contributed by atoms with E-state index >= 15 is 0 Å². The van der Waals surface area contributed by atoms with Gasteiger partial charge in [0.15, 0.2) is 0 Å². The molecule has 1 unspecified atom stereocenters. The molecule has 4 atom stereocenters. The first-order valence-electron chi connectivity index (χ1n) is 10.0. The van der Waals surface area contributed by atoms with E-state index in [4.69, 9.17) is 0 Å². The Morgan fingerprint density at radius 2 is 1.93 bits per heavy atom. The highest BCUT2D eigenvalue weighted by molar-refractivity contribution is 8.00. The molecule has 0 saturated carbocycles. The number of imide groups is 1.